The van der Waals surface area contributed by atoms with Crippen LogP contribution in [0.1, 0.15) is 18.5 Å². The van der Waals surface area contributed by atoms with Crippen molar-refractivity contribution in [2.45, 2.75) is 25.8 Å². The minimum atomic E-state index is 0.585. The lowest BCUT2D eigenvalue weighted by atomic mass is 10.0. The zero-order valence-electron chi connectivity index (χ0n) is 11.7. The summed E-state index contributed by atoms with van der Waals surface area (Å²) in [5, 5.41) is 4.95. The molecule has 1 aliphatic heterocycles. The van der Waals surface area contributed by atoms with E-state index < -0.39 is 0 Å². The van der Waals surface area contributed by atoms with Gasteiger partial charge in [-0.05, 0) is 52.0 Å². The van der Waals surface area contributed by atoms with Crippen LogP contribution < -0.4 is 5.32 Å². The molecule has 0 spiro atoms. The Labute approximate surface area is 114 Å². The summed E-state index contributed by atoms with van der Waals surface area (Å²) in [5.74, 6) is 0. The number of nitrogens with one attached hydrogen (secondary N) is 1. The van der Waals surface area contributed by atoms with Crippen LogP contribution in [0.15, 0.2) is 30.3 Å². The summed E-state index contributed by atoms with van der Waals surface area (Å²) in [4.78, 5) is 6.99. The normalized spacial score (nSPS) is 17.8. The Kier molecular flexibility index (Phi) is 3.38. The summed E-state index contributed by atoms with van der Waals surface area (Å²) in [5.41, 5.74) is 3.39. The van der Waals surface area contributed by atoms with E-state index in [4.69, 9.17) is 0 Å². The molecule has 1 fully saturated rings. The van der Waals surface area contributed by atoms with Gasteiger partial charge in [0, 0.05) is 22.8 Å². The van der Waals surface area contributed by atoms with E-state index in [1.54, 1.807) is 0 Å². The van der Waals surface area contributed by atoms with Gasteiger partial charge in [-0.3, -0.25) is 4.98 Å². The molecule has 100 valence electrons. The molecule has 0 bridgehead atoms. The van der Waals surface area contributed by atoms with Gasteiger partial charge in [0.2, 0.25) is 0 Å². The van der Waals surface area contributed by atoms with Crippen LogP contribution >= 0.6 is 0 Å². The van der Waals surface area contributed by atoms with Crippen LogP contribution in [0.2, 0.25) is 0 Å². The lowest BCUT2D eigenvalue weighted by Crippen LogP contribution is -2.36. The number of nitrogens with zero attached hydrogens (tertiary/aromatic N) is 2. The van der Waals surface area contributed by atoms with Crippen molar-refractivity contribution >= 4 is 16.6 Å². The topological polar surface area (TPSA) is 28.2 Å². The van der Waals surface area contributed by atoms with Crippen LogP contribution in [-0.4, -0.2) is 36.1 Å². The molecule has 2 heterocycles. The second-order valence-corrected chi connectivity index (χ2v) is 5.55. The maximum absolute atomic E-state index is 4.59. The van der Waals surface area contributed by atoms with Crippen LogP contribution in [0.5, 0.6) is 0 Å². The van der Waals surface area contributed by atoms with E-state index >= 15 is 0 Å². The summed E-state index contributed by atoms with van der Waals surface area (Å²) in [6.07, 6.45) is 2.43. The average molecular weight is 255 g/mol. The maximum atomic E-state index is 4.59. The molecule has 0 aliphatic carbocycles. The molecular weight excluding hydrogens is 234 g/mol. The molecular formula is C16H21N3. The molecule has 0 atom stereocenters. The van der Waals surface area contributed by atoms with Crippen LogP contribution in [0.3, 0.4) is 0 Å². The second kappa shape index (κ2) is 5.17. The number of benzene rings is 1. The van der Waals surface area contributed by atoms with Crippen molar-refractivity contribution in [2.75, 3.05) is 25.5 Å². The van der Waals surface area contributed by atoms with E-state index in [0.29, 0.717) is 6.04 Å². The van der Waals surface area contributed by atoms with Gasteiger partial charge in [-0.2, -0.15) is 0 Å². The first-order chi connectivity index (χ1) is 9.22. The van der Waals surface area contributed by atoms with Crippen molar-refractivity contribution in [2.24, 2.45) is 0 Å². The Morgan fingerprint density at radius 2 is 1.95 bits per heavy atom. The van der Waals surface area contributed by atoms with Crippen LogP contribution in [0, 0.1) is 6.92 Å². The summed E-state index contributed by atoms with van der Waals surface area (Å²) in [7, 11) is 2.20. The zero-order chi connectivity index (χ0) is 13.2. The van der Waals surface area contributed by atoms with Crippen LogP contribution in [0.25, 0.3) is 10.9 Å². The number of aryl methyl sites for hydroxylation is 1. The molecule has 1 saturated heterocycles. The molecule has 2 aromatic rings. The lowest BCUT2D eigenvalue weighted by Gasteiger charge is -2.30. The van der Waals surface area contributed by atoms with Gasteiger partial charge in [-0.15, -0.1) is 0 Å². The SMILES string of the molecule is Cc1cc(NC2CCN(C)CC2)c2ccccc2n1. The molecule has 3 nitrogen and oxygen atoms in total. The van der Waals surface area contributed by atoms with E-state index in [0.717, 1.165) is 11.2 Å². The number of fused-ring (bicyclic) bond motifs is 1. The Morgan fingerprint density at radius 1 is 1.21 bits per heavy atom. The number of piperidine rings is 1. The quantitative estimate of drug-likeness (QED) is 0.894. The molecule has 0 unspecified atom stereocenters. The largest absolute Gasteiger partial charge is 0.382 e. The highest BCUT2D eigenvalue weighted by Gasteiger charge is 2.17. The predicted octanol–water partition coefficient (Wildman–Crippen LogP) is 3.05. The molecule has 1 aromatic carbocycles. The molecule has 0 radical (unpaired) electrons. The fourth-order valence-corrected chi connectivity index (χ4v) is 2.80. The third kappa shape index (κ3) is 2.71. The minimum absolute atomic E-state index is 0.585. The first kappa shape index (κ1) is 12.4. The van der Waals surface area contributed by atoms with E-state index in [-0.39, 0.29) is 0 Å². The number of likely N-dealkylation sites (tertiary alicyclic amines) is 1. The molecule has 1 aliphatic rings. The molecule has 1 N–H and O–H groups in total. The van der Waals surface area contributed by atoms with Crippen LogP contribution in [-0.2, 0) is 0 Å². The average Bonchev–Trinajstić information content (AvgIpc) is 2.41. The number of rotatable bonds is 2. The van der Waals surface area contributed by atoms with Crippen molar-refractivity contribution < 1.29 is 0 Å². The first-order valence-electron chi connectivity index (χ1n) is 7.04. The van der Waals surface area contributed by atoms with Gasteiger partial charge in [-0.1, -0.05) is 18.2 Å². The summed E-state index contributed by atoms with van der Waals surface area (Å²) >= 11 is 0. The van der Waals surface area contributed by atoms with E-state index in [1.807, 2.05) is 6.07 Å². The Bertz CT molecular complexity index is 571. The van der Waals surface area contributed by atoms with Crippen molar-refractivity contribution in [3.63, 3.8) is 0 Å². The number of hydrogen-bond donors (Lipinski definition) is 1. The zero-order valence-corrected chi connectivity index (χ0v) is 11.7. The van der Waals surface area contributed by atoms with Gasteiger partial charge in [0.25, 0.3) is 0 Å². The Hall–Kier alpha value is -1.61. The predicted molar refractivity (Wildman–Crippen MR) is 80.6 cm³/mol. The summed E-state index contributed by atoms with van der Waals surface area (Å²) in [6.45, 7) is 4.42. The third-order valence-electron chi connectivity index (χ3n) is 3.92. The van der Waals surface area contributed by atoms with Crippen LogP contribution in [0.4, 0.5) is 5.69 Å². The molecule has 0 amide bonds. The monoisotopic (exact) mass is 255 g/mol. The number of anilines is 1. The van der Waals surface area contributed by atoms with Gasteiger partial charge in [-0.25, -0.2) is 0 Å². The van der Waals surface area contributed by atoms with E-state index in [9.17, 15) is 0 Å². The second-order valence-electron chi connectivity index (χ2n) is 5.55. The molecule has 3 heteroatoms. The standard InChI is InChI=1S/C16H21N3/c1-12-11-16(14-5-3-4-6-15(14)17-12)18-13-7-9-19(2)10-8-13/h3-6,11,13H,7-10H2,1-2H3,(H,17,18). The van der Waals surface area contributed by atoms with Gasteiger partial charge < -0.3 is 10.2 Å². The molecule has 3 rings (SSSR count). The highest BCUT2D eigenvalue weighted by molar-refractivity contribution is 5.91. The Balaban J connectivity index is 1.88. The summed E-state index contributed by atoms with van der Waals surface area (Å²) < 4.78 is 0. The lowest BCUT2D eigenvalue weighted by molar-refractivity contribution is 0.264. The van der Waals surface area contributed by atoms with E-state index in [2.05, 4.69) is 53.4 Å². The fraction of sp³-hybridized carbons (Fsp3) is 0.438. The van der Waals surface area contributed by atoms with Crippen molar-refractivity contribution in [1.82, 2.24) is 9.88 Å². The van der Waals surface area contributed by atoms with Crippen molar-refractivity contribution in [3.05, 3.63) is 36.0 Å². The number of pyridine rings is 1. The van der Waals surface area contributed by atoms with Gasteiger partial charge in [0.05, 0.1) is 5.52 Å². The number of aromatic nitrogens is 1. The number of para-hydroxylation sites is 1. The van der Waals surface area contributed by atoms with Gasteiger partial charge >= 0.3 is 0 Å². The minimum Gasteiger partial charge on any atom is -0.382 e. The van der Waals surface area contributed by atoms with Gasteiger partial charge in [0.1, 0.15) is 0 Å². The number of hydrogen-bond acceptors (Lipinski definition) is 3. The third-order valence-corrected chi connectivity index (χ3v) is 3.92. The highest BCUT2D eigenvalue weighted by Crippen LogP contribution is 2.25. The van der Waals surface area contributed by atoms with Gasteiger partial charge in [0.15, 0.2) is 0 Å². The smallest absolute Gasteiger partial charge is 0.0725 e. The maximum Gasteiger partial charge on any atom is 0.0725 e. The molecule has 1 aromatic heterocycles. The van der Waals surface area contributed by atoms with E-state index in [1.165, 1.54) is 37.0 Å². The summed E-state index contributed by atoms with van der Waals surface area (Å²) in [6, 6.07) is 11.1. The Morgan fingerprint density at radius 3 is 2.74 bits per heavy atom. The first-order valence-corrected chi connectivity index (χ1v) is 7.04. The highest BCUT2D eigenvalue weighted by atomic mass is 15.1. The molecule has 19 heavy (non-hydrogen) atoms. The fourth-order valence-electron chi connectivity index (χ4n) is 2.80. The van der Waals surface area contributed by atoms with Crippen molar-refractivity contribution in [3.8, 4) is 0 Å². The molecule has 0 saturated carbocycles. The van der Waals surface area contributed by atoms with Crippen molar-refractivity contribution in [1.29, 1.82) is 0 Å².